The molecule has 5 rings (SSSR count). The first kappa shape index (κ1) is 31.3. The Bertz CT molecular complexity index is 1800. The third-order valence-electron chi connectivity index (χ3n) is 7.32. The summed E-state index contributed by atoms with van der Waals surface area (Å²) in [6.45, 7) is 2.19. The van der Waals surface area contributed by atoms with E-state index in [9.17, 15) is 18.0 Å². The summed E-state index contributed by atoms with van der Waals surface area (Å²) in [6.07, 6.45) is 2.37. The predicted octanol–water partition coefficient (Wildman–Crippen LogP) is 5.73. The first-order chi connectivity index (χ1) is 21.4. The third kappa shape index (κ3) is 6.69. The molecule has 1 aliphatic heterocycles. The molecular weight excluding hydrogens is 596 g/mol. The molecule has 0 fully saturated rings. The van der Waals surface area contributed by atoms with Crippen LogP contribution in [0.25, 0.3) is 22.3 Å². The molecule has 45 heavy (non-hydrogen) atoms. The Morgan fingerprint density at radius 2 is 1.89 bits per heavy atom. The minimum absolute atomic E-state index is 0.0121. The van der Waals surface area contributed by atoms with Crippen LogP contribution < -0.4 is 14.8 Å². The highest BCUT2D eigenvalue weighted by Crippen LogP contribution is 2.40. The van der Waals surface area contributed by atoms with E-state index in [2.05, 4.69) is 25.4 Å². The molecule has 1 atom stereocenters. The monoisotopic (exact) mass is 624 g/mol. The van der Waals surface area contributed by atoms with Crippen LogP contribution in [-0.4, -0.2) is 58.9 Å². The lowest BCUT2D eigenvalue weighted by Gasteiger charge is -2.24. The second-order valence-corrected chi connectivity index (χ2v) is 10.7. The topological polar surface area (TPSA) is 136 Å². The van der Waals surface area contributed by atoms with Gasteiger partial charge in [0.2, 0.25) is 0 Å². The molecule has 10 nitrogen and oxygen atoms in total. The Kier molecular flexibility index (Phi) is 8.66. The number of rotatable bonds is 11. The van der Waals surface area contributed by atoms with Gasteiger partial charge in [-0.1, -0.05) is 17.3 Å². The Balaban J connectivity index is 1.28. The van der Waals surface area contributed by atoms with Crippen molar-refractivity contribution in [3.05, 3.63) is 77.7 Å². The molecule has 234 valence electrons. The number of hydrogen-bond acceptors (Lipinski definition) is 10. The summed E-state index contributed by atoms with van der Waals surface area (Å²) in [5.74, 6) is -1.19. The second-order valence-electron chi connectivity index (χ2n) is 10.7. The Morgan fingerprint density at radius 3 is 2.58 bits per heavy atom. The van der Waals surface area contributed by atoms with E-state index in [1.807, 2.05) is 12.3 Å². The van der Waals surface area contributed by atoms with Gasteiger partial charge < -0.3 is 19.3 Å². The smallest absolute Gasteiger partial charge is 0.401 e. The minimum atomic E-state index is -4.64. The van der Waals surface area contributed by atoms with E-state index in [1.54, 1.807) is 24.5 Å². The zero-order valence-electron chi connectivity index (χ0n) is 24.4. The number of ketones is 1. The van der Waals surface area contributed by atoms with Crippen LogP contribution in [0.4, 0.5) is 17.6 Å². The first-order valence-corrected chi connectivity index (χ1v) is 13.7. The molecule has 0 bridgehead atoms. The van der Waals surface area contributed by atoms with Crippen molar-refractivity contribution in [3.63, 3.8) is 0 Å². The molecule has 0 saturated heterocycles. The Hall–Kier alpha value is -5.14. The van der Waals surface area contributed by atoms with E-state index in [1.165, 1.54) is 25.4 Å². The van der Waals surface area contributed by atoms with E-state index in [0.717, 1.165) is 19.9 Å². The van der Waals surface area contributed by atoms with Crippen molar-refractivity contribution in [2.75, 3.05) is 13.7 Å². The van der Waals surface area contributed by atoms with E-state index in [0.29, 0.717) is 46.8 Å². The Morgan fingerprint density at radius 1 is 1.11 bits per heavy atom. The van der Waals surface area contributed by atoms with Crippen LogP contribution in [0.15, 0.2) is 64.4 Å². The van der Waals surface area contributed by atoms with E-state index in [-0.39, 0.29) is 17.3 Å². The first-order valence-electron chi connectivity index (χ1n) is 13.7. The number of alkyl halides is 3. The standard InChI is InChI=1S/C31H28F4N6O4/c1-30(2,31(33,34)35)28-14-23(41-45-28)29(36)25(42)11-17-4-5-18(10-20(17)32)24-15-38-21-12-27(26(43-3)13-22(21)40-24)44-9-7-19-6-8-37-16-39-19/h4-6,8,10,12-16,19,36H,7,9,11H2,1-3H3,(H,37,39). The molecule has 0 radical (unpaired) electrons. The largest absolute Gasteiger partial charge is 0.493 e. The van der Waals surface area contributed by atoms with E-state index < -0.39 is 41.1 Å². The number of nitrogens with zero attached hydrogens (tertiary/aromatic N) is 4. The van der Waals surface area contributed by atoms with Crippen LogP contribution in [0.5, 0.6) is 11.5 Å². The summed E-state index contributed by atoms with van der Waals surface area (Å²) in [6, 6.07) is 8.41. The highest BCUT2D eigenvalue weighted by atomic mass is 19.4. The molecule has 2 aromatic carbocycles. The zero-order chi connectivity index (χ0) is 32.4. The van der Waals surface area contributed by atoms with Gasteiger partial charge in [-0.05, 0) is 37.8 Å². The van der Waals surface area contributed by atoms with Crippen LogP contribution >= 0.6 is 0 Å². The fraction of sp³-hybridized carbons (Fsp3) is 0.290. The molecule has 4 aromatic rings. The van der Waals surface area contributed by atoms with Gasteiger partial charge in [-0.2, -0.15) is 13.2 Å². The molecule has 3 heterocycles. The average Bonchev–Trinajstić information content (AvgIpc) is 3.52. The molecule has 0 amide bonds. The molecule has 1 unspecified atom stereocenters. The molecule has 0 spiro atoms. The maximum atomic E-state index is 15.1. The van der Waals surface area contributed by atoms with Gasteiger partial charge >= 0.3 is 6.18 Å². The van der Waals surface area contributed by atoms with Crippen molar-refractivity contribution in [2.45, 2.75) is 44.3 Å². The van der Waals surface area contributed by atoms with Crippen LogP contribution in [0, 0.1) is 11.2 Å². The predicted molar refractivity (Wildman–Crippen MR) is 157 cm³/mol. The quantitative estimate of drug-likeness (QED) is 0.160. The van der Waals surface area contributed by atoms with Gasteiger partial charge in [-0.3, -0.25) is 20.2 Å². The number of aliphatic imine (C=N–C) groups is 1. The molecule has 1 aliphatic rings. The number of nitrogens with one attached hydrogen (secondary N) is 2. The Labute approximate surface area is 254 Å². The van der Waals surface area contributed by atoms with E-state index >= 15 is 4.39 Å². The summed E-state index contributed by atoms with van der Waals surface area (Å²) in [5, 5.41) is 14.4. The SMILES string of the molecule is COc1cc2nc(-c3ccc(CC(=O)C(=N)c4cc(C(C)(C)C(F)(F)F)on4)c(F)c3)cnc2cc1OCCC1C=CNC=N1. The number of benzene rings is 2. The molecule has 14 heteroatoms. The highest BCUT2D eigenvalue weighted by Gasteiger charge is 2.51. The summed E-state index contributed by atoms with van der Waals surface area (Å²) in [4.78, 5) is 26.1. The maximum Gasteiger partial charge on any atom is 0.401 e. The fourth-order valence-electron chi connectivity index (χ4n) is 4.37. The lowest BCUT2D eigenvalue weighted by molar-refractivity contribution is -0.185. The summed E-state index contributed by atoms with van der Waals surface area (Å²) >= 11 is 0. The van der Waals surface area contributed by atoms with Crippen LogP contribution in [0.2, 0.25) is 0 Å². The van der Waals surface area contributed by atoms with Gasteiger partial charge in [-0.25, -0.2) is 9.37 Å². The van der Waals surface area contributed by atoms with Crippen molar-refractivity contribution in [1.82, 2.24) is 20.4 Å². The third-order valence-corrected chi connectivity index (χ3v) is 7.32. The number of carbonyl (C=O) groups is 1. The number of carbonyl (C=O) groups excluding carboxylic acids is 1. The number of Topliss-reactive ketones (excluding diaryl/α,β-unsaturated/α-hetero) is 1. The molecular formula is C31H28F4N6O4. The van der Waals surface area contributed by atoms with Crippen molar-refractivity contribution in [3.8, 4) is 22.8 Å². The summed E-state index contributed by atoms with van der Waals surface area (Å²) in [7, 11) is 1.51. The van der Waals surface area contributed by atoms with Crippen molar-refractivity contribution in [1.29, 1.82) is 5.41 Å². The number of fused-ring (bicyclic) bond motifs is 1. The fourth-order valence-corrected chi connectivity index (χ4v) is 4.37. The lowest BCUT2D eigenvalue weighted by Crippen LogP contribution is -2.36. The summed E-state index contributed by atoms with van der Waals surface area (Å²) in [5.41, 5.74) is -1.69. The van der Waals surface area contributed by atoms with Crippen LogP contribution in [-0.2, 0) is 16.6 Å². The highest BCUT2D eigenvalue weighted by molar-refractivity contribution is 6.44. The molecule has 2 N–H and O–H groups in total. The van der Waals surface area contributed by atoms with Crippen molar-refractivity contribution < 1.29 is 36.4 Å². The molecule has 2 aromatic heterocycles. The second kappa shape index (κ2) is 12.5. The van der Waals surface area contributed by atoms with Crippen molar-refractivity contribution in [2.24, 2.45) is 4.99 Å². The van der Waals surface area contributed by atoms with Gasteiger partial charge in [-0.15, -0.1) is 0 Å². The number of ether oxygens (including phenoxy) is 2. The molecule has 0 saturated carbocycles. The van der Waals surface area contributed by atoms with Crippen LogP contribution in [0.3, 0.4) is 0 Å². The van der Waals surface area contributed by atoms with Gasteiger partial charge in [0.1, 0.15) is 22.6 Å². The maximum absolute atomic E-state index is 15.1. The van der Waals surface area contributed by atoms with Gasteiger partial charge in [0, 0.05) is 36.6 Å². The van der Waals surface area contributed by atoms with Crippen LogP contribution in [0.1, 0.15) is 37.3 Å². The van der Waals surface area contributed by atoms with E-state index in [4.69, 9.17) is 19.4 Å². The van der Waals surface area contributed by atoms with Gasteiger partial charge in [0.25, 0.3) is 0 Å². The number of methoxy groups -OCH3 is 1. The normalized spacial score (nSPS) is 14.8. The summed E-state index contributed by atoms with van der Waals surface area (Å²) < 4.78 is 71.3. The minimum Gasteiger partial charge on any atom is -0.493 e. The number of aromatic nitrogens is 3. The zero-order valence-corrected chi connectivity index (χ0v) is 24.4. The van der Waals surface area contributed by atoms with Gasteiger partial charge in [0.15, 0.2) is 23.0 Å². The van der Waals surface area contributed by atoms with Gasteiger partial charge in [0.05, 0.1) is 49.0 Å². The number of halogens is 4. The average molecular weight is 625 g/mol. The lowest BCUT2D eigenvalue weighted by atomic mass is 9.89. The van der Waals surface area contributed by atoms with Crippen molar-refractivity contribution >= 4 is 28.9 Å². The number of hydrogen-bond donors (Lipinski definition) is 2. The molecule has 0 aliphatic carbocycles.